The van der Waals surface area contributed by atoms with E-state index in [0.29, 0.717) is 23.5 Å². The van der Waals surface area contributed by atoms with Gasteiger partial charge in [0.1, 0.15) is 5.76 Å². The summed E-state index contributed by atoms with van der Waals surface area (Å²) < 4.78 is 5.57. The Morgan fingerprint density at radius 1 is 1.33 bits per heavy atom. The molecule has 2 fully saturated rings. The van der Waals surface area contributed by atoms with Gasteiger partial charge in [0.05, 0.1) is 6.26 Å². The summed E-state index contributed by atoms with van der Waals surface area (Å²) in [6.45, 7) is 9.42. The fourth-order valence-corrected chi connectivity index (χ4v) is 4.29. The van der Waals surface area contributed by atoms with Crippen molar-refractivity contribution in [3.05, 3.63) is 24.2 Å². The molecule has 1 saturated heterocycles. The van der Waals surface area contributed by atoms with Crippen LogP contribution in [0, 0.1) is 5.92 Å². The summed E-state index contributed by atoms with van der Waals surface area (Å²) in [5.74, 6) is 1.80. The molecule has 1 aromatic heterocycles. The van der Waals surface area contributed by atoms with Crippen LogP contribution in [0.1, 0.15) is 52.2 Å². The minimum atomic E-state index is 0.392. The average Bonchev–Trinajstić information content (AvgIpc) is 3.11. The largest absolute Gasteiger partial charge is 0.469 e. The highest BCUT2D eigenvalue weighted by molar-refractivity contribution is 5.05. The zero-order valence-corrected chi connectivity index (χ0v) is 13.8. The van der Waals surface area contributed by atoms with E-state index < -0.39 is 0 Å². The van der Waals surface area contributed by atoms with Crippen LogP contribution < -0.4 is 5.32 Å². The quantitative estimate of drug-likeness (QED) is 0.920. The maximum absolute atomic E-state index is 5.57. The summed E-state index contributed by atoms with van der Waals surface area (Å²) in [5.41, 5.74) is 0.392. The maximum atomic E-state index is 5.57. The maximum Gasteiger partial charge on any atom is 0.105 e. The van der Waals surface area contributed by atoms with Gasteiger partial charge in [-0.25, -0.2) is 0 Å². The summed E-state index contributed by atoms with van der Waals surface area (Å²) in [4.78, 5) is 2.76. The molecule has 3 nitrogen and oxygen atoms in total. The molecule has 0 bridgehead atoms. The van der Waals surface area contributed by atoms with Crippen molar-refractivity contribution in [1.82, 2.24) is 10.2 Å². The molecule has 118 valence electrons. The molecule has 0 aromatic carbocycles. The minimum absolute atomic E-state index is 0.392. The molecule has 1 N–H and O–H groups in total. The van der Waals surface area contributed by atoms with Gasteiger partial charge >= 0.3 is 0 Å². The van der Waals surface area contributed by atoms with Crippen molar-refractivity contribution in [2.24, 2.45) is 5.92 Å². The first kappa shape index (κ1) is 15.1. The number of hydrogen-bond donors (Lipinski definition) is 1. The first-order valence-corrected chi connectivity index (χ1v) is 8.63. The first-order valence-electron chi connectivity index (χ1n) is 8.63. The lowest BCUT2D eigenvalue weighted by Gasteiger charge is -2.50. The van der Waals surface area contributed by atoms with Gasteiger partial charge in [0.25, 0.3) is 0 Å². The van der Waals surface area contributed by atoms with Crippen molar-refractivity contribution >= 4 is 0 Å². The number of hydrogen-bond acceptors (Lipinski definition) is 3. The molecular weight excluding hydrogens is 260 g/mol. The highest BCUT2D eigenvalue weighted by Crippen LogP contribution is 2.35. The molecule has 2 unspecified atom stereocenters. The van der Waals surface area contributed by atoms with E-state index in [1.807, 2.05) is 6.07 Å². The zero-order valence-electron chi connectivity index (χ0n) is 13.8. The number of furan rings is 1. The molecular formula is C18H30N2O. The first-order chi connectivity index (χ1) is 10.1. The monoisotopic (exact) mass is 290 g/mol. The van der Waals surface area contributed by atoms with E-state index in [2.05, 4.69) is 37.1 Å². The Labute approximate surface area is 129 Å². The van der Waals surface area contributed by atoms with Crippen molar-refractivity contribution in [2.75, 3.05) is 13.1 Å². The van der Waals surface area contributed by atoms with E-state index in [0.717, 1.165) is 18.7 Å². The van der Waals surface area contributed by atoms with Gasteiger partial charge < -0.3 is 9.73 Å². The summed E-state index contributed by atoms with van der Waals surface area (Å²) >= 11 is 0. The second-order valence-corrected chi connectivity index (χ2v) is 7.48. The average molecular weight is 290 g/mol. The van der Waals surface area contributed by atoms with Crippen LogP contribution in [0.3, 0.4) is 0 Å². The molecule has 2 aliphatic rings. The van der Waals surface area contributed by atoms with Crippen LogP contribution >= 0.6 is 0 Å². The van der Waals surface area contributed by atoms with Crippen molar-refractivity contribution in [1.29, 1.82) is 0 Å². The fourth-order valence-electron chi connectivity index (χ4n) is 4.29. The van der Waals surface area contributed by atoms with E-state index in [1.165, 1.54) is 32.2 Å². The van der Waals surface area contributed by atoms with Gasteiger partial charge in [-0.1, -0.05) is 26.7 Å². The van der Waals surface area contributed by atoms with E-state index in [-0.39, 0.29) is 0 Å². The highest BCUT2D eigenvalue weighted by atomic mass is 16.3. The summed E-state index contributed by atoms with van der Waals surface area (Å²) in [7, 11) is 0. The van der Waals surface area contributed by atoms with Crippen LogP contribution in [-0.2, 0) is 6.42 Å². The molecule has 1 aliphatic carbocycles. The lowest BCUT2D eigenvalue weighted by atomic mass is 9.87. The summed E-state index contributed by atoms with van der Waals surface area (Å²) in [6.07, 6.45) is 8.29. The van der Waals surface area contributed by atoms with Crippen molar-refractivity contribution in [3.63, 3.8) is 0 Å². The van der Waals surface area contributed by atoms with E-state index in [4.69, 9.17) is 4.42 Å². The molecule has 0 radical (unpaired) electrons. The third-order valence-electron chi connectivity index (χ3n) is 5.57. The second kappa shape index (κ2) is 6.13. The number of piperazine rings is 1. The van der Waals surface area contributed by atoms with Gasteiger partial charge in [-0.3, -0.25) is 4.90 Å². The van der Waals surface area contributed by atoms with Gasteiger partial charge in [-0.05, 0) is 37.8 Å². The Balaban J connectivity index is 1.73. The van der Waals surface area contributed by atoms with Crippen molar-refractivity contribution in [2.45, 2.75) is 70.5 Å². The topological polar surface area (TPSA) is 28.4 Å². The number of rotatable bonds is 4. The molecule has 3 heteroatoms. The highest BCUT2D eigenvalue weighted by Gasteiger charge is 2.43. The summed E-state index contributed by atoms with van der Waals surface area (Å²) in [6, 6.07) is 5.29. The van der Waals surface area contributed by atoms with Crippen LogP contribution in [0.5, 0.6) is 0 Å². The van der Waals surface area contributed by atoms with Crippen molar-refractivity contribution in [3.8, 4) is 0 Å². The molecule has 3 rings (SSSR count). The van der Waals surface area contributed by atoms with Crippen LogP contribution in [0.4, 0.5) is 0 Å². The number of nitrogens with one attached hydrogen (secondary N) is 1. The van der Waals surface area contributed by atoms with Crippen LogP contribution in [0.2, 0.25) is 0 Å². The molecule has 1 aliphatic heterocycles. The van der Waals surface area contributed by atoms with Crippen LogP contribution in [0.15, 0.2) is 22.8 Å². The Morgan fingerprint density at radius 2 is 2.10 bits per heavy atom. The van der Waals surface area contributed by atoms with Gasteiger partial charge in [-0.15, -0.1) is 0 Å². The fraction of sp³-hybridized carbons (Fsp3) is 0.778. The predicted octanol–water partition coefficient (Wildman–Crippen LogP) is 3.45. The van der Waals surface area contributed by atoms with Crippen LogP contribution in [0.25, 0.3) is 0 Å². The lowest BCUT2D eigenvalue weighted by Crippen LogP contribution is -2.66. The van der Waals surface area contributed by atoms with Gasteiger partial charge in [0.2, 0.25) is 0 Å². The second-order valence-electron chi connectivity index (χ2n) is 7.48. The number of nitrogens with zero attached hydrogens (tertiary/aromatic N) is 1. The zero-order chi connectivity index (χ0) is 14.9. The van der Waals surface area contributed by atoms with Gasteiger partial charge in [-0.2, -0.15) is 0 Å². The Kier molecular flexibility index (Phi) is 4.41. The molecule has 0 amide bonds. The normalized spacial score (nSPS) is 27.5. The van der Waals surface area contributed by atoms with Crippen molar-refractivity contribution < 1.29 is 4.42 Å². The Morgan fingerprint density at radius 3 is 2.71 bits per heavy atom. The molecule has 2 heterocycles. The third kappa shape index (κ3) is 3.19. The molecule has 1 aromatic rings. The SMILES string of the molecule is CC(C)C1CNC2(CCCC2)CN1C(C)Cc1ccco1. The van der Waals surface area contributed by atoms with Gasteiger partial charge in [0.15, 0.2) is 0 Å². The molecule has 1 saturated carbocycles. The van der Waals surface area contributed by atoms with E-state index in [9.17, 15) is 0 Å². The van der Waals surface area contributed by atoms with E-state index >= 15 is 0 Å². The predicted molar refractivity (Wildman–Crippen MR) is 86.4 cm³/mol. The van der Waals surface area contributed by atoms with Gasteiger partial charge in [0, 0.05) is 37.1 Å². The minimum Gasteiger partial charge on any atom is -0.469 e. The molecule has 21 heavy (non-hydrogen) atoms. The smallest absolute Gasteiger partial charge is 0.105 e. The standard InChI is InChI=1S/C18H30N2O/c1-14(2)17-12-19-18(8-4-5-9-18)13-20(17)15(3)11-16-7-6-10-21-16/h6-7,10,14-15,17,19H,4-5,8-9,11-13H2,1-3H3. The Bertz CT molecular complexity index is 434. The molecule has 2 atom stereocenters. The van der Waals surface area contributed by atoms with Crippen LogP contribution in [-0.4, -0.2) is 35.6 Å². The Hall–Kier alpha value is -0.800. The molecule has 1 spiro atoms. The van der Waals surface area contributed by atoms with E-state index in [1.54, 1.807) is 6.26 Å². The summed E-state index contributed by atoms with van der Waals surface area (Å²) in [5, 5.41) is 3.90. The third-order valence-corrected chi connectivity index (χ3v) is 5.57. The lowest BCUT2D eigenvalue weighted by molar-refractivity contribution is 0.0260.